The van der Waals surface area contributed by atoms with E-state index in [1.54, 1.807) is 42.7 Å². The van der Waals surface area contributed by atoms with Crippen molar-refractivity contribution >= 4 is 35.2 Å². The average molecular weight is 515 g/mol. The van der Waals surface area contributed by atoms with Gasteiger partial charge in [0, 0.05) is 41.0 Å². The summed E-state index contributed by atoms with van der Waals surface area (Å²) in [7, 11) is 0. The highest BCUT2D eigenvalue weighted by molar-refractivity contribution is 6.30. The largest absolute Gasteiger partial charge is 0.344 e. The molecule has 1 atom stereocenters. The molecule has 2 amide bonds. The summed E-state index contributed by atoms with van der Waals surface area (Å²) in [6.07, 6.45) is 10.4. The van der Waals surface area contributed by atoms with Crippen LogP contribution in [0.1, 0.15) is 43.0 Å². The third-order valence-corrected chi connectivity index (χ3v) is 6.19. The Bertz CT molecular complexity index is 1450. The van der Waals surface area contributed by atoms with E-state index in [0.29, 0.717) is 46.9 Å². The van der Waals surface area contributed by atoms with Gasteiger partial charge in [0.1, 0.15) is 6.33 Å². The minimum absolute atomic E-state index is 0.0625. The van der Waals surface area contributed by atoms with Gasteiger partial charge in [-0.1, -0.05) is 18.0 Å². The first-order valence-corrected chi connectivity index (χ1v) is 12.2. The van der Waals surface area contributed by atoms with E-state index < -0.39 is 0 Å². The molecule has 37 heavy (non-hydrogen) atoms. The third kappa shape index (κ3) is 5.87. The summed E-state index contributed by atoms with van der Waals surface area (Å²) >= 11 is 6.18. The molecule has 0 radical (unpaired) electrons. The maximum Gasteiger partial charge on any atom is 0.244 e. The SMILES string of the molecule is O=C(/C=C/c1cc(Cl)ccc1-n1cnnn1)N[C@H]1CCCCC(=O)Nc2cccnc2-c2ccnc1c2. The number of hydrogen-bond acceptors (Lipinski definition) is 7. The highest BCUT2D eigenvalue weighted by atomic mass is 35.5. The summed E-state index contributed by atoms with van der Waals surface area (Å²) in [5, 5.41) is 17.8. The number of amides is 2. The number of anilines is 1. The van der Waals surface area contributed by atoms with E-state index in [-0.39, 0.29) is 17.9 Å². The van der Waals surface area contributed by atoms with E-state index in [1.165, 1.54) is 17.1 Å². The topological polar surface area (TPSA) is 128 Å². The van der Waals surface area contributed by atoms with Gasteiger partial charge in [0.2, 0.25) is 11.8 Å². The van der Waals surface area contributed by atoms with E-state index in [0.717, 1.165) is 17.7 Å². The van der Waals surface area contributed by atoms with E-state index >= 15 is 0 Å². The Labute approximate surface area is 217 Å². The summed E-state index contributed by atoms with van der Waals surface area (Å²) in [6, 6.07) is 12.3. The van der Waals surface area contributed by atoms with Crippen LogP contribution < -0.4 is 10.6 Å². The Morgan fingerprint density at radius 3 is 2.92 bits per heavy atom. The Balaban J connectivity index is 1.41. The number of nitrogens with zero attached hydrogens (tertiary/aromatic N) is 6. The van der Waals surface area contributed by atoms with Crippen LogP contribution >= 0.6 is 11.6 Å². The van der Waals surface area contributed by atoms with Crippen LogP contribution in [0, 0.1) is 0 Å². The van der Waals surface area contributed by atoms with Gasteiger partial charge in [0.05, 0.1) is 28.8 Å². The van der Waals surface area contributed by atoms with E-state index in [1.807, 2.05) is 18.2 Å². The minimum Gasteiger partial charge on any atom is -0.344 e. The van der Waals surface area contributed by atoms with Crippen LogP contribution in [0.4, 0.5) is 5.69 Å². The van der Waals surface area contributed by atoms with Crippen LogP contribution in [-0.2, 0) is 9.59 Å². The second-order valence-electron chi connectivity index (χ2n) is 8.51. The molecule has 0 saturated heterocycles. The zero-order valence-electron chi connectivity index (χ0n) is 19.7. The van der Waals surface area contributed by atoms with Gasteiger partial charge in [-0.3, -0.25) is 19.6 Å². The van der Waals surface area contributed by atoms with Gasteiger partial charge in [0.15, 0.2) is 0 Å². The fourth-order valence-electron chi connectivity index (χ4n) is 4.19. The first-order chi connectivity index (χ1) is 18.1. The molecule has 11 heteroatoms. The molecular weight excluding hydrogens is 492 g/mol. The quantitative estimate of drug-likeness (QED) is 0.391. The predicted octanol–water partition coefficient (Wildman–Crippen LogP) is 4.16. The number of aromatic nitrogens is 6. The summed E-state index contributed by atoms with van der Waals surface area (Å²) in [5.74, 6) is -0.351. The Kier molecular flexibility index (Phi) is 7.27. The molecule has 5 rings (SSSR count). The number of benzene rings is 1. The van der Waals surface area contributed by atoms with Crippen molar-refractivity contribution in [1.82, 2.24) is 35.5 Å². The molecule has 0 aliphatic carbocycles. The third-order valence-electron chi connectivity index (χ3n) is 5.96. The summed E-state index contributed by atoms with van der Waals surface area (Å²) in [5.41, 5.74) is 4.20. The van der Waals surface area contributed by atoms with Gasteiger partial charge in [-0.05, 0) is 71.8 Å². The molecule has 10 nitrogen and oxygen atoms in total. The molecule has 1 aliphatic heterocycles. The average Bonchev–Trinajstić information content (AvgIpc) is 3.44. The van der Waals surface area contributed by atoms with Crippen molar-refractivity contribution in [3.05, 3.63) is 83.5 Å². The van der Waals surface area contributed by atoms with Gasteiger partial charge in [0.25, 0.3) is 0 Å². The fraction of sp³-hybridized carbons (Fsp3) is 0.192. The normalized spacial score (nSPS) is 15.8. The van der Waals surface area contributed by atoms with Crippen molar-refractivity contribution in [2.24, 2.45) is 0 Å². The highest BCUT2D eigenvalue weighted by Gasteiger charge is 2.19. The van der Waals surface area contributed by atoms with Crippen molar-refractivity contribution in [3.63, 3.8) is 0 Å². The van der Waals surface area contributed by atoms with Gasteiger partial charge in [-0.25, -0.2) is 0 Å². The van der Waals surface area contributed by atoms with Gasteiger partial charge >= 0.3 is 0 Å². The van der Waals surface area contributed by atoms with E-state index in [9.17, 15) is 9.59 Å². The predicted molar refractivity (Wildman–Crippen MR) is 139 cm³/mol. The molecule has 3 aromatic heterocycles. The highest BCUT2D eigenvalue weighted by Crippen LogP contribution is 2.29. The zero-order chi connectivity index (χ0) is 25.6. The number of carbonyl (C=O) groups excluding carboxylic acids is 2. The second-order valence-corrected chi connectivity index (χ2v) is 8.95. The number of carbonyl (C=O) groups is 2. The Hall–Kier alpha value is -4.44. The molecular formula is C26H23ClN8O2. The molecule has 2 N–H and O–H groups in total. The number of hydrogen-bond donors (Lipinski definition) is 2. The van der Waals surface area contributed by atoms with Crippen LogP contribution in [0.3, 0.4) is 0 Å². The fourth-order valence-corrected chi connectivity index (χ4v) is 4.37. The molecule has 2 bridgehead atoms. The maximum absolute atomic E-state index is 13.0. The van der Waals surface area contributed by atoms with Gasteiger partial charge in [-0.15, -0.1) is 5.10 Å². The summed E-state index contributed by atoms with van der Waals surface area (Å²) in [6.45, 7) is 0. The van der Waals surface area contributed by atoms with Gasteiger partial charge < -0.3 is 10.6 Å². The monoisotopic (exact) mass is 514 g/mol. The smallest absolute Gasteiger partial charge is 0.244 e. The molecule has 186 valence electrons. The number of nitrogens with one attached hydrogen (secondary N) is 2. The number of tetrazole rings is 1. The molecule has 4 heterocycles. The molecule has 1 aromatic carbocycles. The standard InChI is InChI=1S/C26H23ClN8O2/c27-19-8-9-23(35-16-30-33-34-35)17(14-19)7-10-25(37)31-20-4-1-2-6-24(36)32-21-5-3-12-29-26(21)18-11-13-28-22(20)15-18/h3,5,7-16,20H,1-2,4,6H2,(H,31,37)(H,32,36)/b10-7+/t20-/m0/s1. The van der Waals surface area contributed by atoms with Gasteiger partial charge in [-0.2, -0.15) is 4.68 Å². The first-order valence-electron chi connectivity index (χ1n) is 11.8. The lowest BCUT2D eigenvalue weighted by Crippen LogP contribution is -2.28. The van der Waals surface area contributed by atoms with Crippen LogP contribution in [0.25, 0.3) is 23.0 Å². The summed E-state index contributed by atoms with van der Waals surface area (Å²) < 4.78 is 1.50. The summed E-state index contributed by atoms with van der Waals surface area (Å²) in [4.78, 5) is 34.5. The Morgan fingerprint density at radius 1 is 1.14 bits per heavy atom. The van der Waals surface area contributed by atoms with Crippen LogP contribution in [0.2, 0.25) is 5.02 Å². The van der Waals surface area contributed by atoms with Crippen molar-refractivity contribution in [2.45, 2.75) is 31.7 Å². The molecule has 1 aliphatic rings. The number of rotatable bonds is 4. The number of halogens is 1. The second kappa shape index (κ2) is 11.1. The van der Waals surface area contributed by atoms with Crippen LogP contribution in [0.15, 0.2) is 67.3 Å². The maximum atomic E-state index is 13.0. The zero-order valence-corrected chi connectivity index (χ0v) is 20.5. The van der Waals surface area contributed by atoms with Crippen molar-refractivity contribution in [3.8, 4) is 16.9 Å². The molecule has 0 spiro atoms. The first kappa shape index (κ1) is 24.3. The lowest BCUT2D eigenvalue weighted by atomic mass is 10.0. The lowest BCUT2D eigenvalue weighted by Gasteiger charge is -2.19. The molecule has 0 fully saturated rings. The molecule has 0 saturated carbocycles. The van der Waals surface area contributed by atoms with Crippen LogP contribution in [0.5, 0.6) is 0 Å². The van der Waals surface area contributed by atoms with E-state index in [2.05, 4.69) is 36.1 Å². The number of fused-ring (bicyclic) bond motifs is 4. The Morgan fingerprint density at radius 2 is 2.05 bits per heavy atom. The number of pyridine rings is 2. The van der Waals surface area contributed by atoms with Crippen molar-refractivity contribution in [1.29, 1.82) is 0 Å². The molecule has 0 unspecified atom stereocenters. The minimum atomic E-state index is -0.343. The van der Waals surface area contributed by atoms with Crippen LogP contribution in [-0.4, -0.2) is 42.0 Å². The van der Waals surface area contributed by atoms with Crippen molar-refractivity contribution < 1.29 is 9.59 Å². The molecule has 4 aromatic rings. The van der Waals surface area contributed by atoms with Crippen molar-refractivity contribution in [2.75, 3.05) is 5.32 Å². The van der Waals surface area contributed by atoms with E-state index in [4.69, 9.17) is 11.6 Å². The lowest BCUT2D eigenvalue weighted by molar-refractivity contribution is -0.118.